The minimum atomic E-state index is 0.00358. The molecule has 1 atom stereocenters. The zero-order chi connectivity index (χ0) is 12.1. The van der Waals surface area contributed by atoms with Crippen molar-refractivity contribution in [1.82, 2.24) is 4.90 Å². The Hall–Kier alpha value is -1.35. The average Bonchev–Trinajstić information content (AvgIpc) is 2.27. The first kappa shape index (κ1) is 12.7. The molecule has 1 amide bonds. The van der Waals surface area contributed by atoms with Crippen LogP contribution in [0.4, 0.5) is 0 Å². The summed E-state index contributed by atoms with van der Waals surface area (Å²) in [5, 5.41) is 0. The lowest BCUT2D eigenvalue weighted by Crippen LogP contribution is -2.36. The number of carbonyl (C=O) groups excluding carboxylic acids is 1. The van der Waals surface area contributed by atoms with Crippen molar-refractivity contribution in [1.29, 1.82) is 0 Å². The van der Waals surface area contributed by atoms with Crippen LogP contribution in [0.25, 0.3) is 0 Å². The minimum absolute atomic E-state index is 0.00358. The molecular formula is C13H20N2O. The lowest BCUT2D eigenvalue weighted by molar-refractivity contribution is 0.0789. The Balaban J connectivity index is 2.72. The van der Waals surface area contributed by atoms with Crippen molar-refractivity contribution in [3.8, 4) is 0 Å². The summed E-state index contributed by atoms with van der Waals surface area (Å²) in [6.45, 7) is 4.57. The Morgan fingerprint density at radius 2 is 1.94 bits per heavy atom. The van der Waals surface area contributed by atoms with Gasteiger partial charge in [-0.3, -0.25) is 4.79 Å². The zero-order valence-electron chi connectivity index (χ0n) is 10.2. The van der Waals surface area contributed by atoms with Crippen molar-refractivity contribution in [3.63, 3.8) is 0 Å². The van der Waals surface area contributed by atoms with Crippen LogP contribution < -0.4 is 5.73 Å². The summed E-state index contributed by atoms with van der Waals surface area (Å²) >= 11 is 0. The molecule has 1 aromatic carbocycles. The van der Waals surface area contributed by atoms with Gasteiger partial charge < -0.3 is 10.6 Å². The number of rotatable bonds is 4. The Bertz CT molecular complexity index is 343. The topological polar surface area (TPSA) is 46.3 Å². The third-order valence-electron chi connectivity index (χ3n) is 2.52. The van der Waals surface area contributed by atoms with Gasteiger partial charge in [0.15, 0.2) is 0 Å². The van der Waals surface area contributed by atoms with E-state index in [2.05, 4.69) is 6.92 Å². The predicted molar refractivity (Wildman–Crippen MR) is 66.4 cm³/mol. The Labute approximate surface area is 97.2 Å². The first-order chi connectivity index (χ1) is 7.54. The fourth-order valence-electron chi connectivity index (χ4n) is 1.62. The minimum Gasteiger partial charge on any atom is -0.340 e. The highest BCUT2D eigenvalue weighted by Crippen LogP contribution is 2.07. The maximum Gasteiger partial charge on any atom is 0.253 e. The quantitative estimate of drug-likeness (QED) is 0.839. The fourth-order valence-corrected chi connectivity index (χ4v) is 1.62. The highest BCUT2D eigenvalue weighted by molar-refractivity contribution is 5.94. The smallest absolute Gasteiger partial charge is 0.253 e. The second-order valence-corrected chi connectivity index (χ2v) is 4.21. The molecule has 0 spiro atoms. The molecule has 1 aromatic rings. The number of benzene rings is 1. The van der Waals surface area contributed by atoms with E-state index in [9.17, 15) is 4.79 Å². The Morgan fingerprint density at radius 1 is 1.38 bits per heavy atom. The summed E-state index contributed by atoms with van der Waals surface area (Å²) in [5.41, 5.74) is 7.63. The first-order valence-corrected chi connectivity index (χ1v) is 5.64. The van der Waals surface area contributed by atoms with Gasteiger partial charge in [-0.15, -0.1) is 0 Å². The summed E-state index contributed by atoms with van der Waals surface area (Å²) in [6, 6.07) is 7.74. The average molecular weight is 220 g/mol. The second kappa shape index (κ2) is 5.66. The van der Waals surface area contributed by atoms with Crippen LogP contribution in [-0.2, 0) is 6.42 Å². The molecule has 0 aliphatic rings. The van der Waals surface area contributed by atoms with Gasteiger partial charge in [0.1, 0.15) is 0 Å². The zero-order valence-corrected chi connectivity index (χ0v) is 10.2. The van der Waals surface area contributed by atoms with Crippen LogP contribution in [0.2, 0.25) is 0 Å². The fraction of sp³-hybridized carbons (Fsp3) is 0.462. The van der Waals surface area contributed by atoms with E-state index in [4.69, 9.17) is 5.73 Å². The van der Waals surface area contributed by atoms with E-state index >= 15 is 0 Å². The molecule has 0 aromatic heterocycles. The van der Waals surface area contributed by atoms with Gasteiger partial charge in [0, 0.05) is 25.2 Å². The number of hydrogen-bond acceptors (Lipinski definition) is 2. The van der Waals surface area contributed by atoms with Gasteiger partial charge >= 0.3 is 0 Å². The van der Waals surface area contributed by atoms with Gasteiger partial charge in [-0.2, -0.15) is 0 Å². The van der Waals surface area contributed by atoms with Crippen molar-refractivity contribution in [2.75, 3.05) is 13.6 Å². The molecule has 0 saturated heterocycles. The monoisotopic (exact) mass is 220 g/mol. The maximum absolute atomic E-state index is 12.0. The van der Waals surface area contributed by atoms with Gasteiger partial charge in [0.25, 0.3) is 5.91 Å². The van der Waals surface area contributed by atoms with Crippen LogP contribution in [-0.4, -0.2) is 30.4 Å². The predicted octanol–water partition coefficient (Wildman–Crippen LogP) is 1.67. The van der Waals surface area contributed by atoms with Gasteiger partial charge in [0.05, 0.1) is 0 Å². The van der Waals surface area contributed by atoms with Crippen LogP contribution >= 0.6 is 0 Å². The molecule has 0 aliphatic heterocycles. The molecule has 1 unspecified atom stereocenters. The molecule has 0 heterocycles. The molecule has 0 saturated carbocycles. The summed E-state index contributed by atoms with van der Waals surface area (Å²) in [5.74, 6) is 0.0277. The van der Waals surface area contributed by atoms with E-state index in [1.807, 2.05) is 31.2 Å². The van der Waals surface area contributed by atoms with E-state index in [0.717, 1.165) is 12.0 Å². The van der Waals surface area contributed by atoms with Crippen LogP contribution in [0.1, 0.15) is 29.8 Å². The summed E-state index contributed by atoms with van der Waals surface area (Å²) in [4.78, 5) is 13.6. The molecule has 16 heavy (non-hydrogen) atoms. The van der Waals surface area contributed by atoms with Gasteiger partial charge in [-0.1, -0.05) is 19.1 Å². The molecule has 3 nitrogen and oxygen atoms in total. The van der Waals surface area contributed by atoms with Crippen molar-refractivity contribution < 1.29 is 4.79 Å². The van der Waals surface area contributed by atoms with Crippen LogP contribution in [0, 0.1) is 0 Å². The third kappa shape index (κ3) is 3.35. The van der Waals surface area contributed by atoms with Gasteiger partial charge in [0.2, 0.25) is 0 Å². The van der Waals surface area contributed by atoms with E-state index in [1.165, 1.54) is 5.56 Å². The SMILES string of the molecule is CCc1ccc(C(=O)N(C)CC(C)N)cc1. The summed E-state index contributed by atoms with van der Waals surface area (Å²) < 4.78 is 0. The number of amides is 1. The van der Waals surface area contributed by atoms with E-state index < -0.39 is 0 Å². The Morgan fingerprint density at radius 3 is 2.38 bits per heavy atom. The second-order valence-electron chi connectivity index (χ2n) is 4.21. The van der Waals surface area contributed by atoms with E-state index in [1.54, 1.807) is 11.9 Å². The van der Waals surface area contributed by atoms with Crippen LogP contribution in [0.5, 0.6) is 0 Å². The van der Waals surface area contributed by atoms with Crippen molar-refractivity contribution in [2.45, 2.75) is 26.3 Å². The standard InChI is InChI=1S/C13H20N2O/c1-4-11-5-7-12(8-6-11)13(16)15(3)9-10(2)14/h5-8,10H,4,9,14H2,1-3H3. The molecule has 2 N–H and O–H groups in total. The molecule has 1 rings (SSSR count). The van der Waals surface area contributed by atoms with Crippen LogP contribution in [0.3, 0.4) is 0 Å². The lowest BCUT2D eigenvalue weighted by atomic mass is 10.1. The molecule has 0 radical (unpaired) electrons. The molecule has 0 bridgehead atoms. The largest absolute Gasteiger partial charge is 0.340 e. The van der Waals surface area contributed by atoms with E-state index in [-0.39, 0.29) is 11.9 Å². The number of nitrogens with two attached hydrogens (primary N) is 1. The summed E-state index contributed by atoms with van der Waals surface area (Å²) in [7, 11) is 1.78. The number of aryl methyl sites for hydroxylation is 1. The van der Waals surface area contributed by atoms with Gasteiger partial charge in [-0.25, -0.2) is 0 Å². The molecule has 88 valence electrons. The number of carbonyl (C=O) groups is 1. The van der Waals surface area contributed by atoms with Gasteiger partial charge in [-0.05, 0) is 31.0 Å². The number of nitrogens with zero attached hydrogens (tertiary/aromatic N) is 1. The highest BCUT2D eigenvalue weighted by Gasteiger charge is 2.12. The van der Waals surface area contributed by atoms with Crippen molar-refractivity contribution in [3.05, 3.63) is 35.4 Å². The molecule has 0 fully saturated rings. The Kier molecular flexibility index (Phi) is 4.50. The van der Waals surface area contributed by atoms with Crippen molar-refractivity contribution in [2.24, 2.45) is 5.73 Å². The number of hydrogen-bond donors (Lipinski definition) is 1. The normalized spacial score (nSPS) is 12.2. The number of likely N-dealkylation sites (N-methyl/N-ethyl adjacent to an activating group) is 1. The molecular weight excluding hydrogens is 200 g/mol. The van der Waals surface area contributed by atoms with E-state index in [0.29, 0.717) is 6.54 Å². The van der Waals surface area contributed by atoms with Crippen molar-refractivity contribution >= 4 is 5.91 Å². The molecule has 0 aliphatic carbocycles. The first-order valence-electron chi connectivity index (χ1n) is 5.64. The highest BCUT2D eigenvalue weighted by atomic mass is 16.2. The maximum atomic E-state index is 12.0. The van der Waals surface area contributed by atoms with Crippen LogP contribution in [0.15, 0.2) is 24.3 Å². The summed E-state index contributed by atoms with van der Waals surface area (Å²) in [6.07, 6.45) is 0.990. The third-order valence-corrected chi connectivity index (χ3v) is 2.52. The lowest BCUT2D eigenvalue weighted by Gasteiger charge is -2.19. The molecule has 3 heteroatoms.